The molecule has 2 aliphatic rings. The highest BCUT2D eigenvalue weighted by molar-refractivity contribution is 6.00. The molecule has 0 spiro atoms. The van der Waals surface area contributed by atoms with E-state index in [1.165, 1.54) is 5.17 Å². The van der Waals surface area contributed by atoms with Crippen molar-refractivity contribution in [1.29, 1.82) is 0 Å². The van der Waals surface area contributed by atoms with Crippen LogP contribution in [0.5, 0.6) is 11.5 Å². The van der Waals surface area contributed by atoms with Crippen LogP contribution in [0, 0.1) is 0 Å². The number of hydrogen-bond acceptors (Lipinski definition) is 6. The van der Waals surface area contributed by atoms with E-state index >= 15 is 0 Å². The highest BCUT2D eigenvalue weighted by Crippen LogP contribution is 2.34. The SMILES string of the molecule is CC(C)(C)ON(C=O)N1CCCCC1C(=O)c1ccc2c(c1)OCO2. The summed E-state index contributed by atoms with van der Waals surface area (Å²) < 4.78 is 10.7. The zero-order chi connectivity index (χ0) is 18.0. The lowest BCUT2D eigenvalue weighted by Crippen LogP contribution is -2.55. The van der Waals surface area contributed by atoms with Crippen molar-refractivity contribution in [1.82, 2.24) is 10.2 Å². The van der Waals surface area contributed by atoms with Crippen LogP contribution in [0.4, 0.5) is 0 Å². The van der Waals surface area contributed by atoms with Crippen LogP contribution in [0.1, 0.15) is 50.4 Å². The molecule has 7 nitrogen and oxygen atoms in total. The van der Waals surface area contributed by atoms with Crippen molar-refractivity contribution in [3.63, 3.8) is 0 Å². The van der Waals surface area contributed by atoms with Gasteiger partial charge in [0.15, 0.2) is 17.3 Å². The zero-order valence-electron chi connectivity index (χ0n) is 14.9. The maximum atomic E-state index is 13.1. The molecular weight excluding hydrogens is 324 g/mol. The first-order chi connectivity index (χ1) is 11.9. The summed E-state index contributed by atoms with van der Waals surface area (Å²) in [6.07, 6.45) is 3.13. The van der Waals surface area contributed by atoms with Crippen molar-refractivity contribution in [3.05, 3.63) is 23.8 Å². The fourth-order valence-corrected chi connectivity index (χ4v) is 3.08. The Labute approximate surface area is 147 Å². The first-order valence-corrected chi connectivity index (χ1v) is 8.53. The van der Waals surface area contributed by atoms with Gasteiger partial charge in [0.2, 0.25) is 13.2 Å². The number of hydrogen-bond donors (Lipinski definition) is 0. The van der Waals surface area contributed by atoms with Gasteiger partial charge in [-0.15, -0.1) is 5.17 Å². The maximum Gasteiger partial charge on any atom is 0.249 e. The van der Waals surface area contributed by atoms with E-state index < -0.39 is 11.6 Å². The van der Waals surface area contributed by atoms with E-state index in [-0.39, 0.29) is 12.6 Å². The summed E-state index contributed by atoms with van der Waals surface area (Å²) in [6, 6.07) is 4.74. The molecule has 1 unspecified atom stereocenters. The molecule has 2 aliphatic heterocycles. The highest BCUT2D eigenvalue weighted by atomic mass is 16.7. The highest BCUT2D eigenvalue weighted by Gasteiger charge is 2.35. The Hall–Kier alpha value is -2.12. The standard InChI is InChI=1S/C18H24N2O5/c1-18(2,3)25-20(11-21)19-9-5-4-6-14(19)17(22)13-7-8-15-16(10-13)24-12-23-15/h7-8,10-11,14H,4-6,9,12H2,1-3H3. The van der Waals surface area contributed by atoms with E-state index in [4.69, 9.17) is 14.3 Å². The fraction of sp³-hybridized carbons (Fsp3) is 0.556. The van der Waals surface area contributed by atoms with Gasteiger partial charge in [0, 0.05) is 12.1 Å². The molecular formula is C18H24N2O5. The minimum atomic E-state index is -0.537. The summed E-state index contributed by atoms with van der Waals surface area (Å²) in [5.74, 6) is 1.16. The molecule has 0 aromatic heterocycles. The van der Waals surface area contributed by atoms with Gasteiger partial charge >= 0.3 is 0 Å². The average Bonchev–Trinajstić information content (AvgIpc) is 3.06. The molecule has 2 heterocycles. The average molecular weight is 348 g/mol. The van der Waals surface area contributed by atoms with Gasteiger partial charge < -0.3 is 9.47 Å². The molecule has 1 saturated heterocycles. The van der Waals surface area contributed by atoms with Gasteiger partial charge in [-0.25, -0.2) is 4.84 Å². The van der Waals surface area contributed by atoms with E-state index in [0.29, 0.717) is 36.4 Å². The molecule has 0 bridgehead atoms. The first-order valence-electron chi connectivity index (χ1n) is 8.53. The molecule has 0 radical (unpaired) electrons. The number of Topliss-reactive ketones (excluding diaryl/α,β-unsaturated/α-hetero) is 1. The molecule has 1 aromatic rings. The number of amides is 1. The van der Waals surface area contributed by atoms with Gasteiger partial charge in [0.25, 0.3) is 0 Å². The molecule has 1 atom stereocenters. The second kappa shape index (κ2) is 7.01. The van der Waals surface area contributed by atoms with Gasteiger partial charge in [-0.1, -0.05) is 6.42 Å². The predicted octanol–water partition coefficient (Wildman–Crippen LogP) is 2.56. The van der Waals surface area contributed by atoms with Crippen molar-refractivity contribution in [2.75, 3.05) is 13.3 Å². The Balaban J connectivity index is 1.82. The third-order valence-corrected chi connectivity index (χ3v) is 4.15. The van der Waals surface area contributed by atoms with Crippen molar-refractivity contribution in [2.45, 2.75) is 51.7 Å². The minimum absolute atomic E-state index is 0.0534. The molecule has 7 heteroatoms. The second-order valence-corrected chi connectivity index (χ2v) is 7.22. The zero-order valence-corrected chi connectivity index (χ0v) is 14.9. The summed E-state index contributed by atoms with van der Waals surface area (Å²) in [5.41, 5.74) is 0.00722. The molecule has 0 saturated carbocycles. The van der Waals surface area contributed by atoms with Crippen LogP contribution >= 0.6 is 0 Å². The largest absolute Gasteiger partial charge is 0.454 e. The number of ketones is 1. The van der Waals surface area contributed by atoms with Crippen LogP contribution in [0.25, 0.3) is 0 Å². The van der Waals surface area contributed by atoms with E-state index in [0.717, 1.165) is 12.8 Å². The number of nitrogens with zero attached hydrogens (tertiary/aromatic N) is 2. The third kappa shape index (κ3) is 3.93. The second-order valence-electron chi connectivity index (χ2n) is 7.22. The van der Waals surface area contributed by atoms with Gasteiger partial charge in [0.1, 0.15) is 0 Å². The predicted molar refractivity (Wildman–Crippen MR) is 90.0 cm³/mol. The van der Waals surface area contributed by atoms with E-state index in [9.17, 15) is 9.59 Å². The number of piperidine rings is 1. The number of rotatable bonds is 5. The number of benzene rings is 1. The molecule has 1 aromatic carbocycles. The van der Waals surface area contributed by atoms with Crippen molar-refractivity contribution in [2.24, 2.45) is 0 Å². The molecule has 25 heavy (non-hydrogen) atoms. The number of hydrazine groups is 1. The third-order valence-electron chi connectivity index (χ3n) is 4.15. The van der Waals surface area contributed by atoms with Crippen LogP contribution in [0.2, 0.25) is 0 Å². The van der Waals surface area contributed by atoms with E-state index in [1.807, 2.05) is 20.8 Å². The fourth-order valence-electron chi connectivity index (χ4n) is 3.08. The van der Waals surface area contributed by atoms with Gasteiger partial charge in [-0.3, -0.25) is 9.59 Å². The Morgan fingerprint density at radius 1 is 1.28 bits per heavy atom. The van der Waals surface area contributed by atoms with Crippen LogP contribution in [-0.2, 0) is 9.63 Å². The summed E-state index contributed by atoms with van der Waals surface area (Å²) in [4.78, 5) is 30.3. The molecule has 1 amide bonds. The lowest BCUT2D eigenvalue weighted by atomic mass is 9.95. The number of carbonyl (C=O) groups is 2. The van der Waals surface area contributed by atoms with E-state index in [2.05, 4.69) is 0 Å². The summed E-state index contributed by atoms with van der Waals surface area (Å²) >= 11 is 0. The van der Waals surface area contributed by atoms with Crippen molar-refractivity contribution in [3.8, 4) is 11.5 Å². The molecule has 136 valence electrons. The van der Waals surface area contributed by atoms with Gasteiger partial charge in [-0.2, -0.15) is 5.01 Å². The Kier molecular flexibility index (Phi) is 4.96. The molecule has 0 aliphatic carbocycles. The van der Waals surface area contributed by atoms with Crippen molar-refractivity contribution >= 4 is 12.2 Å². The topological polar surface area (TPSA) is 68.3 Å². The van der Waals surface area contributed by atoms with Crippen LogP contribution in [-0.4, -0.2) is 47.4 Å². The summed E-state index contributed by atoms with van der Waals surface area (Å²) in [7, 11) is 0. The van der Waals surface area contributed by atoms with E-state index in [1.54, 1.807) is 23.2 Å². The van der Waals surface area contributed by atoms with Crippen molar-refractivity contribution < 1.29 is 23.9 Å². The van der Waals surface area contributed by atoms with Gasteiger partial charge in [0.05, 0.1) is 11.6 Å². The smallest absolute Gasteiger partial charge is 0.249 e. The Morgan fingerprint density at radius 2 is 2.04 bits per heavy atom. The molecule has 0 N–H and O–H groups in total. The minimum Gasteiger partial charge on any atom is -0.454 e. The summed E-state index contributed by atoms with van der Waals surface area (Å²) in [6.45, 7) is 6.35. The van der Waals surface area contributed by atoms with Crippen LogP contribution < -0.4 is 9.47 Å². The number of carbonyl (C=O) groups excluding carboxylic acids is 2. The Bertz CT molecular complexity index is 655. The molecule has 1 fully saturated rings. The lowest BCUT2D eigenvalue weighted by Gasteiger charge is -2.41. The van der Waals surface area contributed by atoms with Crippen LogP contribution in [0.3, 0.4) is 0 Å². The summed E-state index contributed by atoms with van der Waals surface area (Å²) in [5, 5.41) is 2.89. The quantitative estimate of drug-likeness (QED) is 0.463. The van der Waals surface area contributed by atoms with Gasteiger partial charge in [-0.05, 0) is 51.8 Å². The monoisotopic (exact) mass is 348 g/mol. The number of fused-ring (bicyclic) bond motifs is 1. The first kappa shape index (κ1) is 17.7. The lowest BCUT2D eigenvalue weighted by molar-refractivity contribution is -0.308. The molecule has 3 rings (SSSR count). The Morgan fingerprint density at radius 3 is 2.76 bits per heavy atom. The maximum absolute atomic E-state index is 13.1. The van der Waals surface area contributed by atoms with Crippen LogP contribution in [0.15, 0.2) is 18.2 Å². The normalized spacial score (nSPS) is 20.4. The number of ether oxygens (including phenoxy) is 2. The number of hydroxylamine groups is 1.